The maximum atomic E-state index is 11.8. The molecule has 1 saturated carbocycles. The monoisotopic (exact) mass is 260 g/mol. The van der Waals surface area contributed by atoms with E-state index in [0.717, 1.165) is 29.7 Å². The van der Waals surface area contributed by atoms with Crippen LogP contribution in [0, 0.1) is 5.41 Å². The quantitative estimate of drug-likeness (QED) is 0.798. The summed E-state index contributed by atoms with van der Waals surface area (Å²) >= 11 is 0. The zero-order valence-corrected chi connectivity index (χ0v) is 10.7. The van der Waals surface area contributed by atoms with Gasteiger partial charge in [-0.1, -0.05) is 12.1 Å². The second kappa shape index (κ2) is 4.06. The predicted molar refractivity (Wildman–Crippen MR) is 69.4 cm³/mol. The van der Waals surface area contributed by atoms with Gasteiger partial charge in [-0.25, -0.2) is 0 Å². The lowest BCUT2D eigenvalue weighted by molar-refractivity contribution is -0.148. The number of hydrogen-bond acceptors (Lipinski definition) is 4. The summed E-state index contributed by atoms with van der Waals surface area (Å²) in [6.07, 6.45) is 1.89. The minimum Gasteiger partial charge on any atom is -0.469 e. The van der Waals surface area contributed by atoms with Gasteiger partial charge in [0.05, 0.1) is 18.9 Å². The zero-order chi connectivity index (χ0) is 13.6. The first-order valence-electron chi connectivity index (χ1n) is 6.33. The first kappa shape index (κ1) is 12.2. The van der Waals surface area contributed by atoms with Crippen LogP contribution >= 0.6 is 0 Å². The van der Waals surface area contributed by atoms with Crippen LogP contribution in [0.25, 0.3) is 0 Å². The first-order valence-corrected chi connectivity index (χ1v) is 6.33. The fourth-order valence-corrected chi connectivity index (χ4v) is 2.74. The van der Waals surface area contributed by atoms with Gasteiger partial charge in [-0.2, -0.15) is 0 Å². The lowest BCUT2D eigenvalue weighted by Crippen LogP contribution is -2.31. The fraction of sp³-hybridized carbons (Fsp3) is 0.429. The van der Waals surface area contributed by atoms with E-state index in [-0.39, 0.29) is 17.9 Å². The van der Waals surface area contributed by atoms with E-state index in [1.807, 2.05) is 18.2 Å². The molecule has 0 aromatic heterocycles. The van der Waals surface area contributed by atoms with Crippen molar-refractivity contribution in [3.8, 4) is 0 Å². The highest BCUT2D eigenvalue weighted by molar-refractivity contribution is 5.99. The Kier molecular flexibility index (Phi) is 2.60. The number of anilines is 1. The number of nitrogens with one attached hydrogen (secondary N) is 1. The molecule has 3 N–H and O–H groups in total. The number of benzene rings is 1. The van der Waals surface area contributed by atoms with Crippen molar-refractivity contribution >= 4 is 17.6 Å². The Morgan fingerprint density at radius 3 is 2.84 bits per heavy atom. The molecule has 0 bridgehead atoms. The topological polar surface area (TPSA) is 81.4 Å². The van der Waals surface area contributed by atoms with Gasteiger partial charge in [0.15, 0.2) is 0 Å². The summed E-state index contributed by atoms with van der Waals surface area (Å²) in [7, 11) is 1.39. The van der Waals surface area contributed by atoms with Crippen LogP contribution in [0.5, 0.6) is 0 Å². The molecule has 2 aliphatic rings. The number of hydrogen-bond donors (Lipinski definition) is 2. The molecule has 3 rings (SSSR count). The molecule has 5 nitrogen and oxygen atoms in total. The van der Waals surface area contributed by atoms with Crippen LogP contribution in [0.2, 0.25) is 0 Å². The molecule has 0 radical (unpaired) electrons. The number of nitrogens with two attached hydrogens (primary N) is 1. The van der Waals surface area contributed by atoms with E-state index in [2.05, 4.69) is 5.32 Å². The average Bonchev–Trinajstić information content (AvgIpc) is 3.13. The van der Waals surface area contributed by atoms with Gasteiger partial charge < -0.3 is 15.8 Å². The normalized spacial score (nSPS) is 20.4. The van der Waals surface area contributed by atoms with Crippen LogP contribution in [0.15, 0.2) is 18.2 Å². The molecule has 1 atom stereocenters. The summed E-state index contributed by atoms with van der Waals surface area (Å²) in [6.45, 7) is 0. The van der Waals surface area contributed by atoms with Gasteiger partial charge in [0.1, 0.15) is 0 Å². The Bertz CT molecular complexity index is 564. The molecule has 1 aromatic rings. The minimum atomic E-state index is -0.570. The first-order chi connectivity index (χ1) is 9.06. The van der Waals surface area contributed by atoms with Crippen LogP contribution in [-0.2, 0) is 20.7 Å². The average molecular weight is 260 g/mol. The van der Waals surface area contributed by atoms with Gasteiger partial charge in [-0.3, -0.25) is 9.59 Å². The molecular formula is C14H16N2O3. The standard InChI is InChI=1S/C14H16N2O3/c1-19-13(18)14(4-5-14)12(15)8-2-3-10-9(6-8)7-11(17)16-10/h2-3,6,12H,4-5,7,15H2,1H3,(H,16,17). The van der Waals surface area contributed by atoms with Crippen molar-refractivity contribution in [3.05, 3.63) is 29.3 Å². The number of rotatable bonds is 3. The maximum Gasteiger partial charge on any atom is 0.313 e. The summed E-state index contributed by atoms with van der Waals surface area (Å²) in [5.41, 5.74) is 8.33. The summed E-state index contributed by atoms with van der Waals surface area (Å²) in [5, 5.41) is 2.78. The molecule has 1 aromatic carbocycles. The van der Waals surface area contributed by atoms with E-state index in [0.29, 0.717) is 6.42 Å². The largest absolute Gasteiger partial charge is 0.469 e. The van der Waals surface area contributed by atoms with Crippen LogP contribution in [0.1, 0.15) is 30.0 Å². The minimum absolute atomic E-state index is 0.00479. The predicted octanol–water partition coefficient (Wildman–Crippen LogP) is 1.13. The van der Waals surface area contributed by atoms with Crippen LogP contribution in [-0.4, -0.2) is 19.0 Å². The zero-order valence-electron chi connectivity index (χ0n) is 10.7. The molecule has 19 heavy (non-hydrogen) atoms. The Morgan fingerprint density at radius 1 is 1.47 bits per heavy atom. The lowest BCUT2D eigenvalue weighted by Gasteiger charge is -2.21. The SMILES string of the molecule is COC(=O)C1(C(N)c2ccc3c(c2)CC(=O)N3)CC1. The second-order valence-electron chi connectivity index (χ2n) is 5.27. The Morgan fingerprint density at radius 2 is 2.21 bits per heavy atom. The van der Waals surface area contributed by atoms with Crippen LogP contribution in [0.3, 0.4) is 0 Å². The molecule has 1 unspecified atom stereocenters. The molecular weight excluding hydrogens is 244 g/mol. The third-order valence-electron chi connectivity index (χ3n) is 4.09. The van der Waals surface area contributed by atoms with Crippen LogP contribution < -0.4 is 11.1 Å². The van der Waals surface area contributed by atoms with E-state index in [4.69, 9.17) is 10.5 Å². The van der Waals surface area contributed by atoms with E-state index in [9.17, 15) is 9.59 Å². The molecule has 0 saturated heterocycles. The number of ether oxygens (including phenoxy) is 1. The second-order valence-corrected chi connectivity index (χ2v) is 5.27. The molecule has 1 heterocycles. The molecule has 0 spiro atoms. The van der Waals surface area contributed by atoms with Crippen molar-refractivity contribution in [2.24, 2.45) is 11.1 Å². The Balaban J connectivity index is 1.90. The van der Waals surface area contributed by atoms with Gasteiger partial charge >= 0.3 is 5.97 Å². The van der Waals surface area contributed by atoms with Gasteiger partial charge in [0, 0.05) is 11.7 Å². The van der Waals surface area contributed by atoms with Crippen LogP contribution in [0.4, 0.5) is 5.69 Å². The van der Waals surface area contributed by atoms with Gasteiger partial charge in [0.25, 0.3) is 0 Å². The fourth-order valence-electron chi connectivity index (χ4n) is 2.74. The third kappa shape index (κ3) is 1.81. The van der Waals surface area contributed by atoms with E-state index >= 15 is 0 Å². The number of methoxy groups -OCH3 is 1. The number of fused-ring (bicyclic) bond motifs is 1. The van der Waals surface area contributed by atoms with E-state index < -0.39 is 5.41 Å². The van der Waals surface area contributed by atoms with Crippen molar-refractivity contribution in [1.82, 2.24) is 0 Å². The highest BCUT2D eigenvalue weighted by Gasteiger charge is 2.56. The maximum absolute atomic E-state index is 11.8. The van der Waals surface area contributed by atoms with Gasteiger partial charge in [-0.15, -0.1) is 0 Å². The third-order valence-corrected chi connectivity index (χ3v) is 4.09. The van der Waals surface area contributed by atoms with Crippen molar-refractivity contribution in [1.29, 1.82) is 0 Å². The van der Waals surface area contributed by atoms with Gasteiger partial charge in [0.2, 0.25) is 5.91 Å². The summed E-state index contributed by atoms with van der Waals surface area (Å²) in [4.78, 5) is 23.2. The highest BCUT2D eigenvalue weighted by Crippen LogP contribution is 2.54. The van der Waals surface area contributed by atoms with E-state index in [1.54, 1.807) is 0 Å². The summed E-state index contributed by atoms with van der Waals surface area (Å²) in [5.74, 6) is -0.246. The Labute approximate surface area is 111 Å². The number of carbonyl (C=O) groups is 2. The van der Waals surface area contributed by atoms with Crippen molar-refractivity contribution in [3.63, 3.8) is 0 Å². The van der Waals surface area contributed by atoms with Crippen molar-refractivity contribution in [2.75, 3.05) is 12.4 Å². The molecule has 1 fully saturated rings. The van der Waals surface area contributed by atoms with Gasteiger partial charge in [-0.05, 0) is 30.0 Å². The molecule has 5 heteroatoms. The number of carbonyl (C=O) groups excluding carboxylic acids is 2. The number of amides is 1. The summed E-state index contributed by atoms with van der Waals surface area (Å²) in [6, 6.07) is 5.27. The van der Waals surface area contributed by atoms with E-state index in [1.165, 1.54) is 7.11 Å². The van der Waals surface area contributed by atoms with Crippen molar-refractivity contribution < 1.29 is 14.3 Å². The Hall–Kier alpha value is -1.88. The smallest absolute Gasteiger partial charge is 0.313 e. The molecule has 100 valence electrons. The summed E-state index contributed by atoms with van der Waals surface area (Å²) < 4.78 is 4.84. The lowest BCUT2D eigenvalue weighted by atomic mass is 9.89. The molecule has 1 aliphatic heterocycles. The molecule has 1 aliphatic carbocycles. The number of esters is 1. The highest BCUT2D eigenvalue weighted by atomic mass is 16.5. The molecule has 1 amide bonds. The van der Waals surface area contributed by atoms with Crippen molar-refractivity contribution in [2.45, 2.75) is 25.3 Å².